The molecule has 0 aliphatic rings. The van der Waals surface area contributed by atoms with E-state index in [1.807, 2.05) is 6.07 Å². The molecule has 0 N–H and O–H groups in total. The number of nitriles is 1. The smallest absolute Gasteiger partial charge is 0.207 e. The third-order valence-electron chi connectivity index (χ3n) is 1.82. The molecular weight excluding hydrogens is 302 g/mol. The van der Waals surface area contributed by atoms with Gasteiger partial charge in [0.15, 0.2) is 0 Å². The maximum atomic E-state index is 11.3. The average molecular weight is 309 g/mol. The number of hydrogen-bond acceptors (Lipinski definition) is 3. The highest BCUT2D eigenvalue weighted by Gasteiger charge is 2.20. The van der Waals surface area contributed by atoms with Crippen LogP contribution >= 0.6 is 26.6 Å². The van der Waals surface area contributed by atoms with E-state index in [0.717, 1.165) is 5.56 Å². The second-order valence-corrected chi connectivity index (χ2v) is 6.05. The highest BCUT2D eigenvalue weighted by atomic mass is 79.9. The molecule has 0 unspecified atom stereocenters. The van der Waals surface area contributed by atoms with Crippen molar-refractivity contribution in [3.05, 3.63) is 28.8 Å². The van der Waals surface area contributed by atoms with Crippen LogP contribution < -0.4 is 0 Å². The van der Waals surface area contributed by atoms with Crippen LogP contribution in [0.15, 0.2) is 17.0 Å². The molecule has 0 radical (unpaired) electrons. The van der Waals surface area contributed by atoms with Gasteiger partial charge in [-0.05, 0) is 24.1 Å². The van der Waals surface area contributed by atoms with Gasteiger partial charge in [0.05, 0.1) is 5.56 Å². The minimum absolute atomic E-state index is 0.0828. The van der Waals surface area contributed by atoms with Gasteiger partial charge >= 0.3 is 0 Å². The number of benzene rings is 1. The molecule has 0 aliphatic carbocycles. The Bertz CT molecular complexity index is 534. The lowest BCUT2D eigenvalue weighted by Crippen LogP contribution is -2.01. The third-order valence-corrected chi connectivity index (χ3v) is 3.86. The standard InChI is InChI=1S/C9H7BrClNO2S/c1-6-2-7(4-10)9(15(11,13)14)8(3-6)5-12/h2-3H,4H2,1H3. The van der Waals surface area contributed by atoms with Gasteiger partial charge in [0.2, 0.25) is 0 Å². The molecule has 6 heteroatoms. The monoisotopic (exact) mass is 307 g/mol. The minimum atomic E-state index is -3.89. The van der Waals surface area contributed by atoms with Gasteiger partial charge in [-0.3, -0.25) is 0 Å². The van der Waals surface area contributed by atoms with Gasteiger partial charge in [-0.2, -0.15) is 5.26 Å². The molecule has 1 aromatic rings. The normalized spacial score (nSPS) is 11.1. The van der Waals surface area contributed by atoms with Crippen molar-refractivity contribution in [2.24, 2.45) is 0 Å². The van der Waals surface area contributed by atoms with Gasteiger partial charge in [0, 0.05) is 16.0 Å². The van der Waals surface area contributed by atoms with Crippen molar-refractivity contribution in [3.8, 4) is 6.07 Å². The molecule has 0 amide bonds. The predicted octanol–water partition coefficient (Wildman–Crippen LogP) is 2.69. The molecule has 0 fully saturated rings. The third kappa shape index (κ3) is 2.71. The summed E-state index contributed by atoms with van der Waals surface area (Å²) in [6.45, 7) is 1.79. The first kappa shape index (κ1) is 12.5. The van der Waals surface area contributed by atoms with Crippen molar-refractivity contribution >= 4 is 35.7 Å². The van der Waals surface area contributed by atoms with Gasteiger partial charge in [-0.25, -0.2) is 8.42 Å². The highest BCUT2D eigenvalue weighted by molar-refractivity contribution is 9.08. The van der Waals surface area contributed by atoms with Crippen LogP contribution in [0.1, 0.15) is 16.7 Å². The molecular formula is C9H7BrClNO2S. The molecule has 0 atom stereocenters. The maximum absolute atomic E-state index is 11.3. The largest absolute Gasteiger partial charge is 0.262 e. The van der Waals surface area contributed by atoms with Crippen molar-refractivity contribution in [2.45, 2.75) is 17.1 Å². The molecule has 0 aliphatic heterocycles. The van der Waals surface area contributed by atoms with Crippen LogP contribution in [-0.4, -0.2) is 8.42 Å². The fourth-order valence-electron chi connectivity index (χ4n) is 1.32. The number of halogens is 2. The first-order chi connectivity index (χ1) is 6.90. The van der Waals surface area contributed by atoms with Crippen molar-refractivity contribution in [2.75, 3.05) is 0 Å². The van der Waals surface area contributed by atoms with Gasteiger partial charge in [0.1, 0.15) is 11.0 Å². The van der Waals surface area contributed by atoms with Crippen molar-refractivity contribution in [1.29, 1.82) is 5.26 Å². The van der Waals surface area contributed by atoms with E-state index in [4.69, 9.17) is 15.9 Å². The van der Waals surface area contributed by atoms with Crippen molar-refractivity contribution in [3.63, 3.8) is 0 Å². The maximum Gasteiger partial charge on any atom is 0.262 e. The molecule has 80 valence electrons. The fraction of sp³-hybridized carbons (Fsp3) is 0.222. The Morgan fingerprint density at radius 2 is 2.13 bits per heavy atom. The van der Waals surface area contributed by atoms with Gasteiger partial charge < -0.3 is 0 Å². The van der Waals surface area contributed by atoms with Crippen LogP contribution in [-0.2, 0) is 14.4 Å². The summed E-state index contributed by atoms with van der Waals surface area (Å²) in [6.07, 6.45) is 0. The lowest BCUT2D eigenvalue weighted by Gasteiger charge is -2.07. The first-order valence-electron chi connectivity index (χ1n) is 3.94. The zero-order valence-corrected chi connectivity index (χ0v) is 10.9. The van der Waals surface area contributed by atoms with E-state index in [9.17, 15) is 8.42 Å². The molecule has 0 heterocycles. The Morgan fingerprint density at radius 1 is 1.53 bits per heavy atom. The van der Waals surface area contributed by atoms with Crippen LogP contribution in [0.4, 0.5) is 0 Å². The minimum Gasteiger partial charge on any atom is -0.207 e. The quantitative estimate of drug-likeness (QED) is 0.623. The predicted molar refractivity (Wildman–Crippen MR) is 61.6 cm³/mol. The summed E-state index contributed by atoms with van der Waals surface area (Å²) >= 11 is 3.17. The zero-order valence-electron chi connectivity index (χ0n) is 7.79. The summed E-state index contributed by atoms with van der Waals surface area (Å²) < 4.78 is 22.6. The van der Waals surface area contributed by atoms with Crippen molar-refractivity contribution in [1.82, 2.24) is 0 Å². The Morgan fingerprint density at radius 3 is 2.53 bits per heavy atom. The van der Waals surface area contributed by atoms with Crippen LogP contribution in [0.2, 0.25) is 0 Å². The summed E-state index contributed by atoms with van der Waals surface area (Å²) in [5, 5.41) is 9.18. The topological polar surface area (TPSA) is 57.9 Å². The molecule has 3 nitrogen and oxygen atoms in total. The molecule has 0 saturated carbocycles. The van der Waals surface area contributed by atoms with Crippen LogP contribution in [0, 0.1) is 18.3 Å². The molecule has 1 aromatic carbocycles. The lowest BCUT2D eigenvalue weighted by atomic mass is 10.1. The second kappa shape index (κ2) is 4.52. The number of rotatable bonds is 2. The van der Waals surface area contributed by atoms with Gasteiger partial charge in [-0.1, -0.05) is 22.0 Å². The summed E-state index contributed by atoms with van der Waals surface area (Å²) in [4.78, 5) is -0.103. The van der Waals surface area contributed by atoms with Crippen LogP contribution in [0.25, 0.3) is 0 Å². The molecule has 15 heavy (non-hydrogen) atoms. The van der Waals surface area contributed by atoms with Crippen LogP contribution in [0.3, 0.4) is 0 Å². The van der Waals surface area contributed by atoms with Crippen LogP contribution in [0.5, 0.6) is 0 Å². The molecule has 0 spiro atoms. The summed E-state index contributed by atoms with van der Waals surface area (Å²) in [7, 11) is 1.39. The number of nitrogens with zero attached hydrogens (tertiary/aromatic N) is 1. The molecule has 0 aromatic heterocycles. The fourth-order valence-corrected chi connectivity index (χ4v) is 3.30. The summed E-state index contributed by atoms with van der Waals surface area (Å²) in [5.74, 6) is 0. The number of hydrogen-bond donors (Lipinski definition) is 0. The highest BCUT2D eigenvalue weighted by Crippen LogP contribution is 2.27. The van der Waals surface area contributed by atoms with E-state index in [1.54, 1.807) is 13.0 Å². The molecule has 0 saturated heterocycles. The van der Waals surface area contributed by atoms with Crippen molar-refractivity contribution < 1.29 is 8.42 Å². The second-order valence-electron chi connectivity index (χ2n) is 2.98. The average Bonchev–Trinajstić information content (AvgIpc) is 2.14. The van der Waals surface area contributed by atoms with E-state index >= 15 is 0 Å². The lowest BCUT2D eigenvalue weighted by molar-refractivity contribution is 0.608. The Balaban J connectivity index is 3.69. The van der Waals surface area contributed by atoms with Gasteiger partial charge in [0.25, 0.3) is 9.05 Å². The van der Waals surface area contributed by atoms with E-state index in [2.05, 4.69) is 15.9 Å². The molecule has 0 bridgehead atoms. The number of aryl methyl sites for hydroxylation is 1. The zero-order chi connectivity index (χ0) is 11.6. The van der Waals surface area contributed by atoms with E-state index in [-0.39, 0.29) is 10.5 Å². The Kier molecular flexibility index (Phi) is 3.77. The van der Waals surface area contributed by atoms with Gasteiger partial charge in [-0.15, -0.1) is 0 Å². The van der Waals surface area contributed by atoms with E-state index in [1.165, 1.54) is 6.07 Å². The first-order valence-corrected chi connectivity index (χ1v) is 7.37. The molecule has 1 rings (SSSR count). The number of alkyl halides is 1. The summed E-state index contributed by atoms with van der Waals surface area (Å²) in [5.41, 5.74) is 1.41. The summed E-state index contributed by atoms with van der Waals surface area (Å²) in [6, 6.07) is 5.02. The Hall–Kier alpha value is -0.570. The Labute approximate surface area is 101 Å². The SMILES string of the molecule is Cc1cc(C#N)c(S(=O)(=O)Cl)c(CBr)c1. The van der Waals surface area contributed by atoms with E-state index in [0.29, 0.717) is 10.9 Å². The van der Waals surface area contributed by atoms with E-state index < -0.39 is 9.05 Å².